The molecular weight excluding hydrogens is 300 g/mol. The topological polar surface area (TPSA) is 54.3 Å². The highest BCUT2D eigenvalue weighted by molar-refractivity contribution is 6.08. The molecule has 130 valence electrons. The molecule has 24 heavy (non-hydrogen) atoms. The smallest absolute Gasteiger partial charge is 0.253 e. The van der Waals surface area contributed by atoms with Crippen molar-refractivity contribution < 1.29 is 9.90 Å². The number of carbonyl (C=O) groups is 1. The molecule has 2 N–H and O–H groups in total. The summed E-state index contributed by atoms with van der Waals surface area (Å²) in [4.78, 5) is 12.8. The van der Waals surface area contributed by atoms with E-state index in [9.17, 15) is 9.90 Å². The third-order valence-corrected chi connectivity index (χ3v) is 5.23. The van der Waals surface area contributed by atoms with Gasteiger partial charge >= 0.3 is 0 Å². The van der Waals surface area contributed by atoms with Gasteiger partial charge < -0.3 is 15.0 Å². The summed E-state index contributed by atoms with van der Waals surface area (Å²) < 4.78 is 1.98. The first-order valence-corrected chi connectivity index (χ1v) is 9.18. The highest BCUT2D eigenvalue weighted by atomic mass is 16.3. The average molecular weight is 328 g/mol. The molecule has 0 spiro atoms. The standard InChI is InChI=1S/C20H28N2O2/c1-15-7-6-10-18-19(15)17(14-22(18)11-12-23)20(24)21-13-16-8-4-2-3-5-9-16/h6-7,10,14,16,23H,2-5,8-9,11-13H2,1H3,(H,21,24). The summed E-state index contributed by atoms with van der Waals surface area (Å²) in [5.74, 6) is 0.624. The molecule has 1 aromatic carbocycles. The minimum Gasteiger partial charge on any atom is -0.395 e. The quantitative estimate of drug-likeness (QED) is 0.823. The van der Waals surface area contributed by atoms with Gasteiger partial charge in [0.1, 0.15) is 0 Å². The third-order valence-electron chi connectivity index (χ3n) is 5.23. The highest BCUT2D eigenvalue weighted by Crippen LogP contribution is 2.26. The number of hydrogen-bond donors (Lipinski definition) is 2. The molecule has 1 aliphatic rings. The Labute approximate surface area is 143 Å². The van der Waals surface area contributed by atoms with E-state index < -0.39 is 0 Å². The number of aliphatic hydroxyl groups is 1. The van der Waals surface area contributed by atoms with Crippen LogP contribution in [0.25, 0.3) is 10.9 Å². The minimum atomic E-state index is 0.00948. The molecule has 1 saturated carbocycles. The first-order valence-electron chi connectivity index (χ1n) is 9.18. The summed E-state index contributed by atoms with van der Waals surface area (Å²) in [5, 5.41) is 13.4. The van der Waals surface area contributed by atoms with Crippen molar-refractivity contribution in [3.05, 3.63) is 35.5 Å². The molecule has 1 aliphatic carbocycles. The van der Waals surface area contributed by atoms with E-state index in [0.717, 1.165) is 28.6 Å². The number of amides is 1. The number of rotatable bonds is 5. The summed E-state index contributed by atoms with van der Waals surface area (Å²) in [6, 6.07) is 6.05. The zero-order valence-corrected chi connectivity index (χ0v) is 14.6. The lowest BCUT2D eigenvalue weighted by Crippen LogP contribution is -2.29. The second-order valence-corrected chi connectivity index (χ2v) is 7.00. The Balaban J connectivity index is 1.78. The monoisotopic (exact) mass is 328 g/mol. The zero-order valence-electron chi connectivity index (χ0n) is 14.6. The molecule has 0 saturated heterocycles. The van der Waals surface area contributed by atoms with Gasteiger partial charge in [-0.2, -0.15) is 0 Å². The molecular formula is C20H28N2O2. The maximum Gasteiger partial charge on any atom is 0.253 e. The fraction of sp³-hybridized carbons (Fsp3) is 0.550. The second kappa shape index (κ2) is 7.84. The van der Waals surface area contributed by atoms with E-state index in [-0.39, 0.29) is 12.5 Å². The van der Waals surface area contributed by atoms with Crippen LogP contribution in [-0.2, 0) is 6.54 Å². The normalized spacial score (nSPS) is 16.2. The molecule has 4 nitrogen and oxygen atoms in total. The number of nitrogens with zero attached hydrogens (tertiary/aromatic N) is 1. The lowest BCUT2D eigenvalue weighted by Gasteiger charge is -2.14. The van der Waals surface area contributed by atoms with Gasteiger partial charge in [-0.1, -0.05) is 37.8 Å². The molecule has 0 unspecified atom stereocenters. The van der Waals surface area contributed by atoms with Gasteiger partial charge in [0.2, 0.25) is 0 Å². The van der Waals surface area contributed by atoms with Crippen molar-refractivity contribution in [1.82, 2.24) is 9.88 Å². The van der Waals surface area contributed by atoms with E-state index in [1.54, 1.807) is 0 Å². The fourth-order valence-corrected chi connectivity index (χ4v) is 3.90. The van der Waals surface area contributed by atoms with Crippen molar-refractivity contribution in [2.75, 3.05) is 13.2 Å². The summed E-state index contributed by atoms with van der Waals surface area (Å²) >= 11 is 0. The number of hydrogen-bond acceptors (Lipinski definition) is 2. The lowest BCUT2D eigenvalue weighted by atomic mass is 10.00. The highest BCUT2D eigenvalue weighted by Gasteiger charge is 2.18. The Hall–Kier alpha value is -1.81. The summed E-state index contributed by atoms with van der Waals surface area (Å²) in [7, 11) is 0. The largest absolute Gasteiger partial charge is 0.395 e. The maximum absolute atomic E-state index is 12.8. The first kappa shape index (κ1) is 17.0. The van der Waals surface area contributed by atoms with Crippen LogP contribution in [0.4, 0.5) is 0 Å². The molecule has 0 atom stereocenters. The molecule has 3 rings (SSSR count). The van der Waals surface area contributed by atoms with Crippen LogP contribution in [0.5, 0.6) is 0 Å². The molecule has 0 aliphatic heterocycles. The molecule has 1 heterocycles. The Morgan fingerprint density at radius 1 is 1.25 bits per heavy atom. The number of aliphatic hydroxyl groups excluding tert-OH is 1. The molecule has 4 heteroatoms. The van der Waals surface area contributed by atoms with E-state index in [4.69, 9.17) is 0 Å². The summed E-state index contributed by atoms with van der Waals surface area (Å²) in [6.45, 7) is 3.39. The van der Waals surface area contributed by atoms with Gasteiger partial charge in [-0.3, -0.25) is 4.79 Å². The average Bonchev–Trinajstić information content (AvgIpc) is 2.77. The third kappa shape index (κ3) is 3.64. The second-order valence-electron chi connectivity index (χ2n) is 7.00. The zero-order chi connectivity index (χ0) is 16.9. The van der Waals surface area contributed by atoms with Gasteiger partial charge in [-0.05, 0) is 37.3 Å². The van der Waals surface area contributed by atoms with Gasteiger partial charge in [-0.25, -0.2) is 0 Å². The summed E-state index contributed by atoms with van der Waals surface area (Å²) in [5.41, 5.74) is 2.85. The number of carbonyl (C=O) groups excluding carboxylic acids is 1. The van der Waals surface area contributed by atoms with E-state index >= 15 is 0 Å². The van der Waals surface area contributed by atoms with Crippen LogP contribution in [0.3, 0.4) is 0 Å². The van der Waals surface area contributed by atoms with Gasteiger partial charge in [0, 0.05) is 30.2 Å². The molecule has 0 radical (unpaired) electrons. The van der Waals surface area contributed by atoms with Crippen molar-refractivity contribution >= 4 is 16.8 Å². The van der Waals surface area contributed by atoms with Crippen LogP contribution in [-0.4, -0.2) is 28.7 Å². The number of benzene rings is 1. The van der Waals surface area contributed by atoms with Crippen LogP contribution >= 0.6 is 0 Å². The minimum absolute atomic E-state index is 0.00948. The van der Waals surface area contributed by atoms with Crippen molar-refractivity contribution in [3.8, 4) is 0 Å². The van der Waals surface area contributed by atoms with E-state index in [1.165, 1.54) is 38.5 Å². The predicted molar refractivity (Wildman–Crippen MR) is 97.3 cm³/mol. The molecule has 2 aromatic rings. The van der Waals surface area contributed by atoms with Gasteiger partial charge in [0.15, 0.2) is 0 Å². The Bertz CT molecular complexity index is 697. The number of aryl methyl sites for hydroxylation is 1. The van der Waals surface area contributed by atoms with Crippen LogP contribution in [0, 0.1) is 12.8 Å². The van der Waals surface area contributed by atoms with Crippen LogP contribution in [0.15, 0.2) is 24.4 Å². The number of fused-ring (bicyclic) bond motifs is 1. The SMILES string of the molecule is Cc1cccc2c1c(C(=O)NCC1CCCCCC1)cn2CCO. The molecule has 1 amide bonds. The van der Waals surface area contributed by atoms with Crippen LogP contribution < -0.4 is 5.32 Å². The number of aromatic nitrogens is 1. The van der Waals surface area contributed by atoms with Crippen LogP contribution in [0.1, 0.15) is 54.4 Å². The van der Waals surface area contributed by atoms with E-state index in [0.29, 0.717) is 12.5 Å². The van der Waals surface area contributed by atoms with Gasteiger partial charge in [0.25, 0.3) is 5.91 Å². The van der Waals surface area contributed by atoms with Gasteiger partial charge in [0.05, 0.1) is 12.2 Å². The first-order chi connectivity index (χ1) is 11.7. The number of nitrogens with one attached hydrogen (secondary N) is 1. The van der Waals surface area contributed by atoms with Crippen LogP contribution in [0.2, 0.25) is 0 Å². The summed E-state index contributed by atoms with van der Waals surface area (Å²) in [6.07, 6.45) is 9.58. The Morgan fingerprint density at radius 2 is 2.00 bits per heavy atom. The molecule has 0 bridgehead atoms. The molecule has 1 fully saturated rings. The van der Waals surface area contributed by atoms with E-state index in [1.807, 2.05) is 35.9 Å². The Kier molecular flexibility index (Phi) is 5.56. The van der Waals surface area contributed by atoms with E-state index in [2.05, 4.69) is 5.32 Å². The molecule has 1 aromatic heterocycles. The van der Waals surface area contributed by atoms with Crippen molar-refractivity contribution in [1.29, 1.82) is 0 Å². The Morgan fingerprint density at radius 3 is 2.71 bits per heavy atom. The maximum atomic E-state index is 12.8. The van der Waals surface area contributed by atoms with Crippen molar-refractivity contribution in [3.63, 3.8) is 0 Å². The van der Waals surface area contributed by atoms with Crippen molar-refractivity contribution in [2.24, 2.45) is 5.92 Å². The van der Waals surface area contributed by atoms with Gasteiger partial charge in [-0.15, -0.1) is 0 Å². The van der Waals surface area contributed by atoms with Crippen molar-refractivity contribution in [2.45, 2.75) is 52.0 Å². The predicted octanol–water partition coefficient (Wildman–Crippen LogP) is 3.64. The lowest BCUT2D eigenvalue weighted by molar-refractivity contribution is 0.0947. The fourth-order valence-electron chi connectivity index (χ4n) is 3.90.